The van der Waals surface area contributed by atoms with Gasteiger partial charge in [-0.15, -0.1) is 10.2 Å². The Balaban J connectivity index is 3.13. The molecule has 0 aliphatic rings. The lowest BCUT2D eigenvalue weighted by Crippen LogP contribution is -2.20. The second-order valence-electron chi connectivity index (χ2n) is 4.87. The lowest BCUT2D eigenvalue weighted by Gasteiger charge is -2.21. The summed E-state index contributed by atoms with van der Waals surface area (Å²) in [4.78, 5) is 11.0. The number of rotatable bonds is 4. The molecule has 6 nitrogen and oxygen atoms in total. The number of carboxylic acid groups (broad SMARTS) is 1. The molecule has 0 aliphatic carbocycles. The van der Waals surface area contributed by atoms with Gasteiger partial charge in [0.2, 0.25) is 5.88 Å². The number of aromatic nitrogens is 2. The third-order valence-corrected chi connectivity index (χ3v) is 2.35. The fraction of sp³-hybridized carbons (Fsp3) is 0.583. The van der Waals surface area contributed by atoms with Gasteiger partial charge in [-0.2, -0.15) is 0 Å². The first-order valence-electron chi connectivity index (χ1n) is 5.53. The van der Waals surface area contributed by atoms with Crippen LogP contribution in [0, 0.1) is 6.92 Å². The fourth-order valence-electron chi connectivity index (χ4n) is 1.36. The van der Waals surface area contributed by atoms with Crippen molar-refractivity contribution in [2.24, 2.45) is 0 Å². The minimum Gasteiger partial charge on any atom is -0.480 e. The van der Waals surface area contributed by atoms with Crippen molar-refractivity contribution in [3.05, 3.63) is 16.8 Å². The molecule has 1 rings (SSSR count). The van der Waals surface area contributed by atoms with E-state index >= 15 is 0 Å². The Hall–Kier alpha value is -1.69. The molecular formula is C12H18N2O4. The standard InChI is InChI=1S/C12H18N2O4/c1-7-8(6-18-12(2,3)4)10(17-5)14-13-9(7)11(15)16/h6H2,1-5H3,(H,15,16). The molecule has 0 saturated carbocycles. The van der Waals surface area contributed by atoms with Crippen LogP contribution in [-0.4, -0.2) is 34.0 Å². The molecule has 1 aromatic heterocycles. The van der Waals surface area contributed by atoms with Gasteiger partial charge in [0.15, 0.2) is 5.69 Å². The van der Waals surface area contributed by atoms with Crippen molar-refractivity contribution in [3.63, 3.8) is 0 Å². The maximum atomic E-state index is 11.0. The molecule has 0 aromatic carbocycles. The lowest BCUT2D eigenvalue weighted by molar-refractivity contribution is -0.0161. The maximum Gasteiger partial charge on any atom is 0.356 e. The number of hydrogen-bond donors (Lipinski definition) is 1. The van der Waals surface area contributed by atoms with Crippen LogP contribution in [0.5, 0.6) is 5.88 Å². The van der Waals surface area contributed by atoms with Gasteiger partial charge in [-0.25, -0.2) is 4.79 Å². The Kier molecular flexibility index (Phi) is 4.24. The Labute approximate surface area is 106 Å². The van der Waals surface area contributed by atoms with E-state index in [0.717, 1.165) is 0 Å². The third-order valence-electron chi connectivity index (χ3n) is 2.35. The van der Waals surface area contributed by atoms with Crippen LogP contribution in [-0.2, 0) is 11.3 Å². The van der Waals surface area contributed by atoms with E-state index < -0.39 is 5.97 Å². The molecule has 0 spiro atoms. The number of carbonyl (C=O) groups is 1. The number of nitrogens with zero attached hydrogens (tertiary/aromatic N) is 2. The maximum absolute atomic E-state index is 11.0. The van der Waals surface area contributed by atoms with Crippen molar-refractivity contribution in [2.75, 3.05) is 7.11 Å². The number of methoxy groups -OCH3 is 1. The van der Waals surface area contributed by atoms with E-state index in [0.29, 0.717) is 17.0 Å². The molecule has 6 heteroatoms. The average molecular weight is 254 g/mol. The molecule has 100 valence electrons. The molecular weight excluding hydrogens is 236 g/mol. The van der Waals surface area contributed by atoms with Crippen LogP contribution >= 0.6 is 0 Å². The second kappa shape index (κ2) is 5.30. The Morgan fingerprint density at radius 1 is 1.33 bits per heavy atom. The van der Waals surface area contributed by atoms with E-state index in [1.165, 1.54) is 7.11 Å². The molecule has 0 bridgehead atoms. The molecule has 1 N–H and O–H groups in total. The molecule has 0 radical (unpaired) electrons. The number of carboxylic acids is 1. The van der Waals surface area contributed by atoms with Gasteiger partial charge in [0.25, 0.3) is 0 Å². The molecule has 1 heterocycles. The second-order valence-corrected chi connectivity index (χ2v) is 4.87. The van der Waals surface area contributed by atoms with Gasteiger partial charge in [-0.1, -0.05) is 0 Å². The summed E-state index contributed by atoms with van der Waals surface area (Å²) in [5.41, 5.74) is 0.714. The van der Waals surface area contributed by atoms with Gasteiger partial charge in [0.1, 0.15) is 0 Å². The first-order chi connectivity index (χ1) is 8.26. The van der Waals surface area contributed by atoms with E-state index in [9.17, 15) is 4.79 Å². The van der Waals surface area contributed by atoms with E-state index in [1.54, 1.807) is 6.92 Å². The van der Waals surface area contributed by atoms with Gasteiger partial charge in [-0.05, 0) is 33.3 Å². The van der Waals surface area contributed by atoms with E-state index in [-0.39, 0.29) is 17.9 Å². The SMILES string of the molecule is COc1nnc(C(=O)O)c(C)c1COC(C)(C)C. The summed E-state index contributed by atoms with van der Waals surface area (Å²) in [6.07, 6.45) is 0. The topological polar surface area (TPSA) is 81.5 Å². The molecule has 0 atom stereocenters. The summed E-state index contributed by atoms with van der Waals surface area (Å²) < 4.78 is 10.7. The molecule has 1 aromatic rings. The van der Waals surface area contributed by atoms with Crippen molar-refractivity contribution < 1.29 is 19.4 Å². The summed E-state index contributed by atoms with van der Waals surface area (Å²) >= 11 is 0. The third kappa shape index (κ3) is 3.40. The Morgan fingerprint density at radius 3 is 2.39 bits per heavy atom. The first-order valence-corrected chi connectivity index (χ1v) is 5.53. The van der Waals surface area contributed by atoms with Crippen LogP contribution in [0.3, 0.4) is 0 Å². The van der Waals surface area contributed by atoms with Crippen LogP contribution in [0.15, 0.2) is 0 Å². The van der Waals surface area contributed by atoms with Crippen molar-refractivity contribution in [2.45, 2.75) is 39.9 Å². The summed E-state index contributed by atoms with van der Waals surface area (Å²) in [5.74, 6) is -0.818. The normalized spacial score (nSPS) is 11.4. The Morgan fingerprint density at radius 2 is 1.94 bits per heavy atom. The number of ether oxygens (including phenoxy) is 2. The molecule has 18 heavy (non-hydrogen) atoms. The molecule has 0 amide bonds. The summed E-state index contributed by atoms with van der Waals surface area (Å²) in [6.45, 7) is 7.65. The molecule has 0 aliphatic heterocycles. The highest BCUT2D eigenvalue weighted by Gasteiger charge is 2.20. The van der Waals surface area contributed by atoms with Crippen LogP contribution in [0.25, 0.3) is 0 Å². The van der Waals surface area contributed by atoms with Crippen LogP contribution < -0.4 is 4.74 Å². The van der Waals surface area contributed by atoms with Gasteiger partial charge in [0, 0.05) is 5.56 Å². The zero-order valence-electron chi connectivity index (χ0n) is 11.3. The summed E-state index contributed by atoms with van der Waals surface area (Å²) in [7, 11) is 1.46. The highest BCUT2D eigenvalue weighted by atomic mass is 16.5. The molecule has 0 unspecified atom stereocenters. The average Bonchev–Trinajstić information content (AvgIpc) is 2.25. The lowest BCUT2D eigenvalue weighted by atomic mass is 10.1. The summed E-state index contributed by atoms with van der Waals surface area (Å²) in [6, 6.07) is 0. The van der Waals surface area contributed by atoms with Gasteiger partial charge < -0.3 is 14.6 Å². The first kappa shape index (κ1) is 14.4. The van der Waals surface area contributed by atoms with Crippen molar-refractivity contribution >= 4 is 5.97 Å². The van der Waals surface area contributed by atoms with Crippen LogP contribution in [0.1, 0.15) is 42.4 Å². The smallest absolute Gasteiger partial charge is 0.356 e. The van der Waals surface area contributed by atoms with Crippen LogP contribution in [0.4, 0.5) is 0 Å². The summed E-state index contributed by atoms with van der Waals surface area (Å²) in [5, 5.41) is 16.4. The number of hydrogen-bond acceptors (Lipinski definition) is 5. The predicted octanol–water partition coefficient (Wildman–Crippen LogP) is 1.81. The fourth-order valence-corrected chi connectivity index (χ4v) is 1.36. The van der Waals surface area contributed by atoms with Crippen molar-refractivity contribution in [1.82, 2.24) is 10.2 Å². The molecule has 0 saturated heterocycles. The van der Waals surface area contributed by atoms with E-state index in [2.05, 4.69) is 10.2 Å². The predicted molar refractivity (Wildman–Crippen MR) is 64.8 cm³/mol. The number of aromatic carboxylic acids is 1. The van der Waals surface area contributed by atoms with Gasteiger partial charge in [-0.3, -0.25) is 0 Å². The zero-order valence-corrected chi connectivity index (χ0v) is 11.3. The van der Waals surface area contributed by atoms with Crippen LogP contribution in [0.2, 0.25) is 0 Å². The van der Waals surface area contributed by atoms with Gasteiger partial charge >= 0.3 is 5.97 Å². The zero-order chi connectivity index (χ0) is 13.9. The minimum absolute atomic E-state index is 0.0803. The van der Waals surface area contributed by atoms with E-state index in [1.807, 2.05) is 20.8 Å². The quantitative estimate of drug-likeness (QED) is 0.882. The minimum atomic E-state index is -1.11. The van der Waals surface area contributed by atoms with Gasteiger partial charge in [0.05, 0.1) is 19.3 Å². The Bertz CT molecular complexity index is 452. The molecule has 0 fully saturated rings. The van der Waals surface area contributed by atoms with Crippen molar-refractivity contribution in [3.8, 4) is 5.88 Å². The monoisotopic (exact) mass is 254 g/mol. The van der Waals surface area contributed by atoms with Crippen molar-refractivity contribution in [1.29, 1.82) is 0 Å². The highest BCUT2D eigenvalue weighted by Crippen LogP contribution is 2.23. The largest absolute Gasteiger partial charge is 0.480 e. The van der Waals surface area contributed by atoms with E-state index in [4.69, 9.17) is 14.6 Å². The highest BCUT2D eigenvalue weighted by molar-refractivity contribution is 5.87.